The number of aromatic nitrogens is 4. The molecule has 2 rings (SSSR count). The zero-order valence-corrected chi connectivity index (χ0v) is 12.8. The standard InChI is InChI=1S/C12H18N6O4/c1-7-10(11(21-4)16-18(7)2)15-12(19)13-5-8-14-9(6-20-3)22-17-8/h5-6H2,1-4H3,(H2,13,15,19). The zero-order chi connectivity index (χ0) is 16.1. The van der Waals surface area contributed by atoms with Gasteiger partial charge in [0.2, 0.25) is 0 Å². The van der Waals surface area contributed by atoms with Crippen molar-refractivity contribution in [1.29, 1.82) is 0 Å². The highest BCUT2D eigenvalue weighted by atomic mass is 16.5. The molecule has 0 atom stereocenters. The molecule has 0 aliphatic rings. The molecule has 0 aliphatic heterocycles. The number of nitrogens with zero attached hydrogens (tertiary/aromatic N) is 4. The number of anilines is 1. The van der Waals surface area contributed by atoms with Crippen LogP contribution in [0.1, 0.15) is 17.4 Å². The number of carbonyl (C=O) groups is 1. The van der Waals surface area contributed by atoms with Gasteiger partial charge in [0.25, 0.3) is 11.8 Å². The molecule has 2 heterocycles. The lowest BCUT2D eigenvalue weighted by Crippen LogP contribution is -2.29. The largest absolute Gasteiger partial charge is 0.478 e. The van der Waals surface area contributed by atoms with Crippen molar-refractivity contribution >= 4 is 11.7 Å². The van der Waals surface area contributed by atoms with E-state index in [0.29, 0.717) is 23.3 Å². The molecule has 2 aromatic heterocycles. The predicted molar refractivity (Wildman–Crippen MR) is 75.4 cm³/mol. The molecular weight excluding hydrogens is 292 g/mol. The van der Waals surface area contributed by atoms with Crippen molar-refractivity contribution in [2.24, 2.45) is 7.05 Å². The number of hydrogen-bond acceptors (Lipinski definition) is 7. The maximum atomic E-state index is 11.9. The number of methoxy groups -OCH3 is 2. The van der Waals surface area contributed by atoms with Gasteiger partial charge in [-0.05, 0) is 6.92 Å². The van der Waals surface area contributed by atoms with E-state index < -0.39 is 6.03 Å². The van der Waals surface area contributed by atoms with Gasteiger partial charge in [0, 0.05) is 14.2 Å². The van der Waals surface area contributed by atoms with Crippen LogP contribution < -0.4 is 15.4 Å². The molecule has 120 valence electrons. The van der Waals surface area contributed by atoms with Gasteiger partial charge in [-0.25, -0.2) is 4.79 Å². The Morgan fingerprint density at radius 1 is 1.41 bits per heavy atom. The highest BCUT2D eigenvalue weighted by Gasteiger charge is 2.16. The number of nitrogens with one attached hydrogen (secondary N) is 2. The van der Waals surface area contributed by atoms with E-state index in [1.165, 1.54) is 14.2 Å². The van der Waals surface area contributed by atoms with E-state index >= 15 is 0 Å². The second kappa shape index (κ2) is 6.89. The number of urea groups is 1. The third-order valence-corrected chi connectivity index (χ3v) is 2.92. The smallest absolute Gasteiger partial charge is 0.319 e. The fourth-order valence-corrected chi connectivity index (χ4v) is 1.73. The van der Waals surface area contributed by atoms with Gasteiger partial charge in [0.15, 0.2) is 5.82 Å². The van der Waals surface area contributed by atoms with E-state index in [0.717, 1.165) is 5.69 Å². The van der Waals surface area contributed by atoms with Crippen molar-refractivity contribution in [3.05, 3.63) is 17.4 Å². The molecule has 0 aromatic carbocycles. The van der Waals surface area contributed by atoms with Gasteiger partial charge in [-0.2, -0.15) is 4.98 Å². The summed E-state index contributed by atoms with van der Waals surface area (Å²) in [6.07, 6.45) is 0. The molecule has 0 aliphatic carbocycles. The minimum Gasteiger partial charge on any atom is -0.478 e. The lowest BCUT2D eigenvalue weighted by Gasteiger charge is -2.06. The monoisotopic (exact) mass is 310 g/mol. The summed E-state index contributed by atoms with van der Waals surface area (Å²) in [5, 5.41) is 13.1. The Kier molecular flexibility index (Phi) is 4.94. The van der Waals surface area contributed by atoms with Gasteiger partial charge in [-0.1, -0.05) is 5.16 Å². The van der Waals surface area contributed by atoms with Crippen molar-refractivity contribution in [3.8, 4) is 5.88 Å². The third kappa shape index (κ3) is 3.52. The first-order valence-electron chi connectivity index (χ1n) is 6.48. The third-order valence-electron chi connectivity index (χ3n) is 2.92. The molecule has 0 bridgehead atoms. The average Bonchev–Trinajstić information content (AvgIpc) is 3.05. The second-order valence-electron chi connectivity index (χ2n) is 4.44. The van der Waals surface area contributed by atoms with E-state index in [4.69, 9.17) is 14.0 Å². The van der Waals surface area contributed by atoms with Crippen LogP contribution in [0.25, 0.3) is 0 Å². The SMILES string of the molecule is COCc1nc(CNC(=O)Nc2c(OC)nn(C)c2C)no1. The first-order valence-corrected chi connectivity index (χ1v) is 6.48. The average molecular weight is 310 g/mol. The number of carbonyl (C=O) groups excluding carboxylic acids is 1. The second-order valence-corrected chi connectivity index (χ2v) is 4.44. The van der Waals surface area contributed by atoms with Crippen LogP contribution in [0.4, 0.5) is 10.5 Å². The van der Waals surface area contributed by atoms with Crippen LogP contribution in [-0.4, -0.2) is 40.2 Å². The van der Waals surface area contributed by atoms with Crippen LogP contribution in [0.2, 0.25) is 0 Å². The summed E-state index contributed by atoms with van der Waals surface area (Å²) >= 11 is 0. The Labute approximate surface area is 126 Å². The molecule has 0 saturated carbocycles. The summed E-state index contributed by atoms with van der Waals surface area (Å²) in [6.45, 7) is 2.17. The molecule has 0 unspecified atom stereocenters. The van der Waals surface area contributed by atoms with Gasteiger partial charge in [-0.15, -0.1) is 5.10 Å². The summed E-state index contributed by atoms with van der Waals surface area (Å²) in [4.78, 5) is 16.0. The molecule has 0 saturated heterocycles. The van der Waals surface area contributed by atoms with Crippen molar-refractivity contribution in [1.82, 2.24) is 25.2 Å². The topological polar surface area (TPSA) is 116 Å². The number of rotatable bonds is 6. The Morgan fingerprint density at radius 2 is 2.18 bits per heavy atom. The number of ether oxygens (including phenoxy) is 2. The van der Waals surface area contributed by atoms with Crippen LogP contribution in [0.5, 0.6) is 5.88 Å². The maximum Gasteiger partial charge on any atom is 0.319 e. The van der Waals surface area contributed by atoms with E-state index in [1.54, 1.807) is 11.7 Å². The normalized spacial score (nSPS) is 10.5. The van der Waals surface area contributed by atoms with Gasteiger partial charge in [0.1, 0.15) is 12.3 Å². The van der Waals surface area contributed by atoms with E-state index in [9.17, 15) is 4.79 Å². The van der Waals surface area contributed by atoms with Gasteiger partial charge < -0.3 is 24.6 Å². The Bertz CT molecular complexity index is 650. The van der Waals surface area contributed by atoms with Crippen LogP contribution in [0.3, 0.4) is 0 Å². The summed E-state index contributed by atoms with van der Waals surface area (Å²) < 4.78 is 16.5. The van der Waals surface area contributed by atoms with Gasteiger partial charge in [0.05, 0.1) is 19.3 Å². The van der Waals surface area contributed by atoms with Gasteiger partial charge in [-0.3, -0.25) is 4.68 Å². The number of amides is 2. The fourth-order valence-electron chi connectivity index (χ4n) is 1.73. The molecule has 22 heavy (non-hydrogen) atoms. The molecule has 0 radical (unpaired) electrons. The Hall–Kier alpha value is -2.62. The molecule has 10 nitrogen and oxygen atoms in total. The highest BCUT2D eigenvalue weighted by molar-refractivity contribution is 5.91. The van der Waals surface area contributed by atoms with Crippen molar-refractivity contribution in [2.75, 3.05) is 19.5 Å². The molecule has 0 spiro atoms. The molecule has 2 N–H and O–H groups in total. The van der Waals surface area contributed by atoms with Crippen LogP contribution in [-0.2, 0) is 24.9 Å². The first kappa shape index (κ1) is 15.8. The molecule has 0 fully saturated rings. The minimum atomic E-state index is -0.424. The number of hydrogen-bond donors (Lipinski definition) is 2. The summed E-state index contributed by atoms with van der Waals surface area (Å²) in [5.41, 5.74) is 1.28. The van der Waals surface area contributed by atoms with E-state index in [2.05, 4.69) is 25.9 Å². The van der Waals surface area contributed by atoms with Crippen molar-refractivity contribution in [2.45, 2.75) is 20.1 Å². The lowest BCUT2D eigenvalue weighted by atomic mass is 10.4. The molecule has 2 aromatic rings. The lowest BCUT2D eigenvalue weighted by molar-refractivity contribution is 0.151. The predicted octanol–water partition coefficient (Wildman–Crippen LogP) is 0.588. The molecule has 10 heteroatoms. The van der Waals surface area contributed by atoms with Gasteiger partial charge >= 0.3 is 6.03 Å². The first-order chi connectivity index (χ1) is 10.5. The minimum absolute atomic E-state index is 0.126. The van der Waals surface area contributed by atoms with E-state index in [-0.39, 0.29) is 13.2 Å². The van der Waals surface area contributed by atoms with Crippen LogP contribution in [0.15, 0.2) is 4.52 Å². The molecular formula is C12H18N6O4. The summed E-state index contributed by atoms with van der Waals surface area (Å²) in [6, 6.07) is -0.424. The maximum absolute atomic E-state index is 11.9. The Balaban J connectivity index is 1.92. The summed E-state index contributed by atoms with van der Waals surface area (Å²) in [5.74, 6) is 1.05. The number of aryl methyl sites for hydroxylation is 1. The summed E-state index contributed by atoms with van der Waals surface area (Å²) in [7, 11) is 4.78. The van der Waals surface area contributed by atoms with Crippen molar-refractivity contribution < 1.29 is 18.8 Å². The Morgan fingerprint density at radius 3 is 2.86 bits per heavy atom. The van der Waals surface area contributed by atoms with Crippen molar-refractivity contribution in [3.63, 3.8) is 0 Å². The quantitative estimate of drug-likeness (QED) is 0.802. The zero-order valence-electron chi connectivity index (χ0n) is 12.8. The van der Waals surface area contributed by atoms with Crippen LogP contribution >= 0.6 is 0 Å². The highest BCUT2D eigenvalue weighted by Crippen LogP contribution is 2.25. The van der Waals surface area contributed by atoms with Crippen LogP contribution in [0, 0.1) is 6.92 Å². The fraction of sp³-hybridized carbons (Fsp3) is 0.500. The van der Waals surface area contributed by atoms with E-state index in [1.807, 2.05) is 6.92 Å². The molecule has 2 amide bonds.